The molecule has 2 aliphatic heterocycles. The smallest absolute Gasteiger partial charge is 0.417 e. The summed E-state index contributed by atoms with van der Waals surface area (Å²) in [6, 6.07) is 6.21. The summed E-state index contributed by atoms with van der Waals surface area (Å²) in [5.74, 6) is -0.458. The molecule has 0 unspecified atom stereocenters. The lowest BCUT2D eigenvalue weighted by molar-refractivity contribution is -0.138. The highest BCUT2D eigenvalue weighted by Gasteiger charge is 2.35. The molecular formula is C28H28F6N4O4S. The molecule has 0 aliphatic carbocycles. The molecule has 2 aromatic heterocycles. The van der Waals surface area contributed by atoms with E-state index in [1.54, 1.807) is 13.8 Å². The Morgan fingerprint density at radius 1 is 0.930 bits per heavy atom. The molecule has 0 saturated carbocycles. The summed E-state index contributed by atoms with van der Waals surface area (Å²) < 4.78 is 106. The molecular weight excluding hydrogens is 602 g/mol. The minimum absolute atomic E-state index is 0.0151. The van der Waals surface area contributed by atoms with Gasteiger partial charge in [0.2, 0.25) is 0 Å². The summed E-state index contributed by atoms with van der Waals surface area (Å²) in [5.41, 5.74) is 0.539. The normalized spacial score (nSPS) is 14.7. The van der Waals surface area contributed by atoms with Gasteiger partial charge in [-0.25, -0.2) is 8.42 Å². The Kier molecular flexibility index (Phi) is 9.07. The zero-order chi connectivity index (χ0) is 31.7. The monoisotopic (exact) mass is 630 g/mol. The first-order valence-electron chi connectivity index (χ1n) is 13.1. The molecule has 4 heterocycles. The lowest BCUT2D eigenvalue weighted by Crippen LogP contribution is -2.26. The molecule has 0 atom stereocenters. The Morgan fingerprint density at radius 2 is 1.53 bits per heavy atom. The molecule has 232 valence electrons. The average Bonchev–Trinajstić information content (AvgIpc) is 3.58. The molecule has 1 amide bonds. The molecule has 2 aliphatic rings. The van der Waals surface area contributed by atoms with Crippen molar-refractivity contribution >= 4 is 15.7 Å². The third kappa shape index (κ3) is 7.44. The number of halogens is 6. The standard InChI is InChI=1S/C20H21F3N2O4S.C8H7F3N2/c1-4-30(27,28)15-5-6-18(29-12(2)3)16(8-15)19(26)25-10-13-7-14(20(21,22)23)9-24-17(13)11-25;9-8(10,11)6-1-5-2-12-4-7(5)13-3-6/h5-9,12H,4,10-11H2,1-3H3;1,3,12H,2,4H2. The van der Waals surface area contributed by atoms with Crippen LogP contribution >= 0.6 is 0 Å². The summed E-state index contributed by atoms with van der Waals surface area (Å²) in [4.78, 5) is 22.1. The highest BCUT2D eigenvalue weighted by Crippen LogP contribution is 2.34. The first-order chi connectivity index (χ1) is 20.0. The molecule has 8 nitrogen and oxygen atoms in total. The largest absolute Gasteiger partial charge is 0.490 e. The van der Waals surface area contributed by atoms with Gasteiger partial charge in [0.1, 0.15) is 5.75 Å². The van der Waals surface area contributed by atoms with E-state index in [0.717, 1.165) is 24.5 Å². The minimum atomic E-state index is -4.53. The number of aromatic nitrogens is 2. The van der Waals surface area contributed by atoms with Crippen LogP contribution in [-0.4, -0.2) is 41.0 Å². The van der Waals surface area contributed by atoms with Crippen LogP contribution in [-0.2, 0) is 48.4 Å². The van der Waals surface area contributed by atoms with Crippen LogP contribution in [0.15, 0.2) is 47.6 Å². The van der Waals surface area contributed by atoms with Crippen LogP contribution in [0.25, 0.3) is 0 Å². The van der Waals surface area contributed by atoms with Crippen LogP contribution in [0.4, 0.5) is 26.3 Å². The maximum absolute atomic E-state index is 13.2. The quantitative estimate of drug-likeness (QED) is 0.370. The number of fused-ring (bicyclic) bond motifs is 2. The van der Waals surface area contributed by atoms with E-state index in [2.05, 4.69) is 15.3 Å². The van der Waals surface area contributed by atoms with E-state index in [4.69, 9.17) is 4.74 Å². The summed E-state index contributed by atoms with van der Waals surface area (Å²) >= 11 is 0. The van der Waals surface area contributed by atoms with Gasteiger partial charge in [-0.1, -0.05) is 6.92 Å². The van der Waals surface area contributed by atoms with Crippen molar-refractivity contribution in [2.45, 2.75) is 70.3 Å². The highest BCUT2D eigenvalue weighted by molar-refractivity contribution is 7.91. The summed E-state index contributed by atoms with van der Waals surface area (Å²) in [6.07, 6.45) is -7.46. The van der Waals surface area contributed by atoms with Crippen LogP contribution < -0.4 is 10.1 Å². The van der Waals surface area contributed by atoms with Gasteiger partial charge in [-0.05, 0) is 55.3 Å². The van der Waals surface area contributed by atoms with Gasteiger partial charge in [-0.2, -0.15) is 26.3 Å². The van der Waals surface area contributed by atoms with Crippen LogP contribution in [0, 0.1) is 0 Å². The molecule has 0 radical (unpaired) electrons. The number of rotatable bonds is 5. The number of hydrogen-bond donors (Lipinski definition) is 1. The number of nitrogens with zero attached hydrogens (tertiary/aromatic N) is 3. The molecule has 1 aromatic carbocycles. The summed E-state index contributed by atoms with van der Waals surface area (Å²) in [6.45, 7) is 6.03. The maximum atomic E-state index is 13.2. The second-order valence-electron chi connectivity index (χ2n) is 10.1. The van der Waals surface area contributed by atoms with Gasteiger partial charge in [0, 0.05) is 32.0 Å². The lowest BCUT2D eigenvalue weighted by atomic mass is 10.1. The predicted molar refractivity (Wildman–Crippen MR) is 143 cm³/mol. The number of benzene rings is 1. The Labute approximate surface area is 244 Å². The third-order valence-corrected chi connectivity index (χ3v) is 8.39. The van der Waals surface area contributed by atoms with Crippen molar-refractivity contribution in [1.82, 2.24) is 20.2 Å². The molecule has 5 rings (SSSR count). The number of carbonyl (C=O) groups is 1. The number of carbonyl (C=O) groups excluding carboxylic acids is 1. The number of nitrogens with one attached hydrogen (secondary N) is 1. The Bertz CT molecular complexity index is 1620. The van der Waals surface area contributed by atoms with Crippen molar-refractivity contribution < 1.29 is 44.3 Å². The van der Waals surface area contributed by atoms with Gasteiger partial charge < -0.3 is 15.0 Å². The number of pyridine rings is 2. The number of ether oxygens (including phenoxy) is 1. The van der Waals surface area contributed by atoms with Gasteiger partial charge in [-0.3, -0.25) is 14.8 Å². The second kappa shape index (κ2) is 12.1. The predicted octanol–water partition coefficient (Wildman–Crippen LogP) is 5.54. The van der Waals surface area contributed by atoms with Crippen molar-refractivity contribution in [2.75, 3.05) is 5.75 Å². The highest BCUT2D eigenvalue weighted by atomic mass is 32.2. The number of alkyl halides is 6. The van der Waals surface area contributed by atoms with E-state index >= 15 is 0 Å². The van der Waals surface area contributed by atoms with E-state index < -0.39 is 39.2 Å². The van der Waals surface area contributed by atoms with E-state index in [1.807, 2.05) is 0 Å². The molecule has 43 heavy (non-hydrogen) atoms. The average molecular weight is 631 g/mol. The van der Waals surface area contributed by atoms with Crippen LogP contribution in [0.1, 0.15) is 64.8 Å². The molecule has 0 saturated heterocycles. The molecule has 0 fully saturated rings. The van der Waals surface area contributed by atoms with E-state index in [9.17, 15) is 39.6 Å². The van der Waals surface area contributed by atoms with E-state index in [-0.39, 0.29) is 41.2 Å². The van der Waals surface area contributed by atoms with Crippen LogP contribution in [0.2, 0.25) is 0 Å². The van der Waals surface area contributed by atoms with Crippen molar-refractivity contribution in [3.8, 4) is 5.75 Å². The topological polar surface area (TPSA) is 101 Å². The maximum Gasteiger partial charge on any atom is 0.417 e. The minimum Gasteiger partial charge on any atom is -0.490 e. The number of hydrogen-bond acceptors (Lipinski definition) is 7. The Balaban J connectivity index is 0.000000269. The Morgan fingerprint density at radius 3 is 2.12 bits per heavy atom. The van der Waals surface area contributed by atoms with E-state index in [0.29, 0.717) is 35.6 Å². The third-order valence-electron chi connectivity index (χ3n) is 6.65. The number of amides is 1. The van der Waals surface area contributed by atoms with Crippen molar-refractivity contribution in [3.05, 3.63) is 81.9 Å². The van der Waals surface area contributed by atoms with Crippen molar-refractivity contribution in [1.29, 1.82) is 0 Å². The molecule has 15 heteroatoms. The van der Waals surface area contributed by atoms with Crippen LogP contribution in [0.5, 0.6) is 5.75 Å². The van der Waals surface area contributed by atoms with Gasteiger partial charge >= 0.3 is 12.4 Å². The fourth-order valence-electron chi connectivity index (χ4n) is 4.44. The zero-order valence-electron chi connectivity index (χ0n) is 23.3. The molecule has 0 bridgehead atoms. The number of sulfone groups is 1. The molecule has 3 aromatic rings. The Hall–Kier alpha value is -3.72. The lowest BCUT2D eigenvalue weighted by Gasteiger charge is -2.20. The van der Waals surface area contributed by atoms with Gasteiger partial charge in [0.15, 0.2) is 9.84 Å². The van der Waals surface area contributed by atoms with Gasteiger partial charge in [0.25, 0.3) is 5.91 Å². The van der Waals surface area contributed by atoms with Crippen LogP contribution in [0.3, 0.4) is 0 Å². The van der Waals surface area contributed by atoms with E-state index in [1.165, 1.54) is 30.0 Å². The van der Waals surface area contributed by atoms with Crippen molar-refractivity contribution in [3.63, 3.8) is 0 Å². The van der Waals surface area contributed by atoms with Gasteiger partial charge in [-0.15, -0.1) is 0 Å². The summed E-state index contributed by atoms with van der Waals surface area (Å²) in [7, 11) is -3.56. The van der Waals surface area contributed by atoms with Gasteiger partial charge in [0.05, 0.1) is 51.4 Å². The first-order valence-corrected chi connectivity index (χ1v) is 14.8. The second-order valence-corrected chi connectivity index (χ2v) is 12.4. The fraction of sp³-hybridized carbons (Fsp3) is 0.393. The SMILES string of the molecule is CCS(=O)(=O)c1ccc(OC(C)C)c(C(=O)N2Cc3cc(C(F)(F)F)cnc3C2)c1.FC(F)(F)c1cnc2c(c1)CNC2. The summed E-state index contributed by atoms with van der Waals surface area (Å²) in [5, 5.41) is 2.94. The molecule has 0 spiro atoms. The zero-order valence-corrected chi connectivity index (χ0v) is 24.1. The molecule has 1 N–H and O–H groups in total. The van der Waals surface area contributed by atoms with Crippen molar-refractivity contribution in [2.24, 2.45) is 0 Å². The fourth-order valence-corrected chi connectivity index (χ4v) is 5.35. The first kappa shape index (κ1) is 32.2.